The van der Waals surface area contributed by atoms with Gasteiger partial charge in [0.05, 0.1) is 16.9 Å². The molecule has 3 aliphatic heterocycles. The molecule has 2 atom stereocenters. The van der Waals surface area contributed by atoms with E-state index in [0.717, 1.165) is 19.5 Å². The molecule has 0 aliphatic carbocycles. The highest BCUT2D eigenvalue weighted by atomic mass is 19.4. The molecule has 2 bridgehead atoms. The van der Waals surface area contributed by atoms with Crippen molar-refractivity contribution in [3.8, 4) is 5.75 Å². The molecule has 40 heavy (non-hydrogen) atoms. The summed E-state index contributed by atoms with van der Waals surface area (Å²) in [5.41, 5.74) is 0.572. The molecular weight excluding hydrogens is 537 g/mol. The lowest BCUT2D eigenvalue weighted by atomic mass is 10.1. The van der Waals surface area contributed by atoms with Crippen molar-refractivity contribution in [3.63, 3.8) is 0 Å². The minimum absolute atomic E-state index is 0.0520. The van der Waals surface area contributed by atoms with Gasteiger partial charge in [0.25, 0.3) is 5.91 Å². The average molecular weight is 562 g/mol. The number of halogens is 5. The van der Waals surface area contributed by atoms with Crippen molar-refractivity contribution in [1.29, 1.82) is 0 Å². The molecular formula is C26H24F5N7O2. The van der Waals surface area contributed by atoms with Gasteiger partial charge in [-0.25, -0.2) is 4.98 Å². The van der Waals surface area contributed by atoms with Crippen LogP contribution in [-0.4, -0.2) is 59.6 Å². The summed E-state index contributed by atoms with van der Waals surface area (Å²) in [6, 6.07) is 10.1. The number of aromatic nitrogens is 2. The van der Waals surface area contributed by atoms with E-state index in [-0.39, 0.29) is 41.2 Å². The number of fused-ring (bicyclic) bond motifs is 3. The van der Waals surface area contributed by atoms with E-state index in [1.165, 1.54) is 18.2 Å². The van der Waals surface area contributed by atoms with E-state index in [9.17, 15) is 26.7 Å². The van der Waals surface area contributed by atoms with Crippen LogP contribution in [0.4, 0.5) is 50.8 Å². The lowest BCUT2D eigenvalue weighted by Crippen LogP contribution is -2.44. The SMILES string of the molecule is CN1C[C@@H]2C[C@H]1CN2c1ccc(Nc2ncc(C(F)(F)F)c(Nc3cccc4c3C(=O)NC4)n2)c(OC(F)F)c1. The number of piperazine rings is 1. The molecule has 3 aromatic rings. The minimum atomic E-state index is -4.81. The first-order valence-electron chi connectivity index (χ1n) is 12.5. The molecule has 210 valence electrons. The van der Waals surface area contributed by atoms with Gasteiger partial charge in [0, 0.05) is 49.7 Å². The largest absolute Gasteiger partial charge is 0.433 e. The number of ether oxygens (including phenoxy) is 1. The molecule has 4 heterocycles. The number of nitrogens with one attached hydrogen (secondary N) is 3. The topological polar surface area (TPSA) is 94.7 Å². The van der Waals surface area contributed by atoms with Gasteiger partial charge >= 0.3 is 12.8 Å². The molecule has 1 aromatic heterocycles. The number of rotatable bonds is 7. The average Bonchev–Trinajstić information content (AvgIpc) is 3.59. The zero-order chi connectivity index (χ0) is 28.2. The predicted molar refractivity (Wildman–Crippen MR) is 136 cm³/mol. The van der Waals surface area contributed by atoms with Crippen LogP contribution in [0.15, 0.2) is 42.6 Å². The number of carbonyl (C=O) groups is 1. The standard InChI is InChI=1S/C26H24F5N7O2/c1-37-11-16-7-15(37)12-38(16)14-5-6-18(20(8-14)40-24(27)28)35-25-33-10-17(26(29,30)31)22(36-25)34-19-4-2-3-13-9-32-23(39)21(13)19/h2-6,8,10,15-16,24H,7,9,11-12H2,1H3,(H,32,39)(H2,33,34,35,36)/t15-,16-/m0/s1. The molecule has 0 saturated carbocycles. The number of anilines is 5. The van der Waals surface area contributed by atoms with E-state index < -0.39 is 30.1 Å². The highest BCUT2D eigenvalue weighted by molar-refractivity contribution is 6.04. The second-order valence-corrected chi connectivity index (χ2v) is 9.92. The Bertz CT molecular complexity index is 1470. The second-order valence-electron chi connectivity index (χ2n) is 9.92. The molecule has 3 N–H and O–H groups in total. The van der Waals surface area contributed by atoms with Gasteiger partial charge in [-0.15, -0.1) is 0 Å². The molecule has 9 nitrogen and oxygen atoms in total. The van der Waals surface area contributed by atoms with E-state index in [1.807, 2.05) is 7.05 Å². The summed E-state index contributed by atoms with van der Waals surface area (Å²) in [5, 5.41) is 7.95. The Hall–Kier alpha value is -4.20. The Balaban J connectivity index is 1.32. The van der Waals surface area contributed by atoms with E-state index >= 15 is 0 Å². The number of likely N-dealkylation sites (tertiary alicyclic amines) is 1. The van der Waals surface area contributed by atoms with Crippen molar-refractivity contribution in [2.24, 2.45) is 0 Å². The van der Waals surface area contributed by atoms with Crippen LogP contribution in [0.25, 0.3) is 0 Å². The fourth-order valence-electron chi connectivity index (χ4n) is 5.54. The number of benzene rings is 2. The third-order valence-corrected chi connectivity index (χ3v) is 7.44. The number of nitrogens with zero attached hydrogens (tertiary/aromatic N) is 4. The van der Waals surface area contributed by atoms with Crippen molar-refractivity contribution in [2.75, 3.05) is 35.7 Å². The van der Waals surface area contributed by atoms with Crippen molar-refractivity contribution >= 4 is 34.7 Å². The third-order valence-electron chi connectivity index (χ3n) is 7.44. The van der Waals surface area contributed by atoms with Crippen LogP contribution in [0.3, 0.4) is 0 Å². The maximum absolute atomic E-state index is 13.8. The Labute approximate surface area is 225 Å². The minimum Gasteiger partial charge on any atom is -0.433 e. The summed E-state index contributed by atoms with van der Waals surface area (Å²) >= 11 is 0. The Morgan fingerprint density at radius 1 is 1.10 bits per heavy atom. The van der Waals surface area contributed by atoms with Gasteiger partial charge < -0.3 is 25.6 Å². The van der Waals surface area contributed by atoms with Crippen LogP contribution >= 0.6 is 0 Å². The summed E-state index contributed by atoms with van der Waals surface area (Å²) in [5.74, 6) is -1.52. The van der Waals surface area contributed by atoms with E-state index in [0.29, 0.717) is 23.5 Å². The van der Waals surface area contributed by atoms with Crippen molar-refractivity contribution < 1.29 is 31.5 Å². The first-order valence-corrected chi connectivity index (χ1v) is 12.5. The van der Waals surface area contributed by atoms with Gasteiger partial charge in [0.1, 0.15) is 11.4 Å². The Kier molecular flexibility index (Phi) is 6.36. The fraction of sp³-hybridized carbons (Fsp3) is 0.346. The predicted octanol–water partition coefficient (Wildman–Crippen LogP) is 4.72. The molecule has 14 heteroatoms. The van der Waals surface area contributed by atoms with Gasteiger partial charge in [0.2, 0.25) is 5.95 Å². The number of alkyl halides is 5. The molecule has 3 aliphatic rings. The van der Waals surface area contributed by atoms with Gasteiger partial charge in [-0.3, -0.25) is 9.69 Å². The van der Waals surface area contributed by atoms with Gasteiger partial charge in [-0.1, -0.05) is 12.1 Å². The summed E-state index contributed by atoms with van der Waals surface area (Å²) in [4.78, 5) is 24.4. The molecule has 0 radical (unpaired) electrons. The quantitative estimate of drug-likeness (QED) is 0.357. The summed E-state index contributed by atoms with van der Waals surface area (Å²) in [7, 11) is 2.05. The number of hydrogen-bond acceptors (Lipinski definition) is 8. The molecule has 2 fully saturated rings. The normalized spacial score (nSPS) is 20.2. The van der Waals surface area contributed by atoms with Crippen LogP contribution in [0.2, 0.25) is 0 Å². The van der Waals surface area contributed by atoms with Crippen molar-refractivity contribution in [2.45, 2.75) is 37.8 Å². The molecule has 0 spiro atoms. The molecule has 2 saturated heterocycles. The first-order chi connectivity index (χ1) is 19.1. The molecule has 6 rings (SSSR count). The number of amides is 1. The number of likely N-dealkylation sites (N-methyl/N-ethyl adjacent to an activating group) is 1. The Morgan fingerprint density at radius 3 is 2.62 bits per heavy atom. The monoisotopic (exact) mass is 561 g/mol. The summed E-state index contributed by atoms with van der Waals surface area (Å²) in [6.45, 7) is -1.27. The smallest absolute Gasteiger partial charge is 0.421 e. The third kappa shape index (κ3) is 4.83. The van der Waals surface area contributed by atoms with Crippen LogP contribution in [-0.2, 0) is 12.7 Å². The van der Waals surface area contributed by atoms with Crippen molar-refractivity contribution in [1.82, 2.24) is 20.2 Å². The summed E-state index contributed by atoms with van der Waals surface area (Å²) in [6.07, 6.45) is -3.25. The van der Waals surface area contributed by atoms with Crippen LogP contribution < -0.4 is 25.6 Å². The van der Waals surface area contributed by atoms with Gasteiger partial charge in [-0.05, 0) is 37.2 Å². The van der Waals surface area contributed by atoms with Crippen LogP contribution in [0.5, 0.6) is 5.75 Å². The molecule has 1 amide bonds. The number of carbonyl (C=O) groups excluding carboxylic acids is 1. The lowest BCUT2D eigenvalue weighted by Gasteiger charge is -2.34. The maximum Gasteiger partial charge on any atom is 0.421 e. The van der Waals surface area contributed by atoms with Crippen molar-refractivity contribution in [3.05, 3.63) is 59.3 Å². The zero-order valence-electron chi connectivity index (χ0n) is 21.1. The van der Waals surface area contributed by atoms with E-state index in [2.05, 4.69) is 35.7 Å². The highest BCUT2D eigenvalue weighted by Crippen LogP contribution is 2.40. The Morgan fingerprint density at radius 2 is 1.93 bits per heavy atom. The zero-order valence-corrected chi connectivity index (χ0v) is 21.1. The van der Waals surface area contributed by atoms with Gasteiger partial charge in [0.15, 0.2) is 5.75 Å². The van der Waals surface area contributed by atoms with Crippen LogP contribution in [0, 0.1) is 0 Å². The maximum atomic E-state index is 13.8. The van der Waals surface area contributed by atoms with Gasteiger partial charge in [-0.2, -0.15) is 26.9 Å². The van der Waals surface area contributed by atoms with E-state index in [4.69, 9.17) is 4.74 Å². The fourth-order valence-corrected chi connectivity index (χ4v) is 5.54. The van der Waals surface area contributed by atoms with E-state index in [1.54, 1.807) is 18.2 Å². The molecule has 2 aromatic carbocycles. The molecule has 0 unspecified atom stereocenters. The lowest BCUT2D eigenvalue weighted by molar-refractivity contribution is -0.137. The highest BCUT2D eigenvalue weighted by Gasteiger charge is 2.41. The summed E-state index contributed by atoms with van der Waals surface area (Å²) < 4.78 is 72.8. The van der Waals surface area contributed by atoms with Crippen LogP contribution in [0.1, 0.15) is 27.9 Å². The first kappa shape index (κ1) is 26.0. The number of hydrogen-bond donors (Lipinski definition) is 3. The second kappa shape index (κ2) is 9.77.